The van der Waals surface area contributed by atoms with E-state index in [1.54, 1.807) is 6.92 Å². The lowest BCUT2D eigenvalue weighted by atomic mass is 10.3. The summed E-state index contributed by atoms with van der Waals surface area (Å²) >= 11 is 3.02. The fraction of sp³-hybridized carbons (Fsp3) is 0.400. The zero-order valence-electron chi connectivity index (χ0n) is 9.73. The Balaban J connectivity index is 3.32. The molecule has 102 valence electrons. The molecular weight excluding hydrogens is 327 g/mol. The van der Waals surface area contributed by atoms with Gasteiger partial charge in [0.05, 0.1) is 6.61 Å². The second-order valence-corrected chi connectivity index (χ2v) is 6.29. The second-order valence-electron chi connectivity index (χ2n) is 3.52. The van der Waals surface area contributed by atoms with Crippen molar-refractivity contribution in [2.24, 2.45) is 0 Å². The zero-order chi connectivity index (χ0) is 13.9. The summed E-state index contributed by atoms with van der Waals surface area (Å²) in [6.07, 6.45) is 0. The molecule has 0 aromatic heterocycles. The lowest BCUT2D eigenvalue weighted by molar-refractivity contribution is 0.256. The van der Waals surface area contributed by atoms with Gasteiger partial charge in [-0.05, 0) is 28.1 Å². The van der Waals surface area contributed by atoms with Crippen molar-refractivity contribution in [3.63, 3.8) is 0 Å². The van der Waals surface area contributed by atoms with E-state index in [9.17, 15) is 12.8 Å². The van der Waals surface area contributed by atoms with Gasteiger partial charge in [-0.15, -0.1) is 0 Å². The summed E-state index contributed by atoms with van der Waals surface area (Å²) in [6, 6.07) is 2.07. The molecule has 8 heteroatoms. The Morgan fingerprint density at radius 2 is 2.11 bits per heavy atom. The van der Waals surface area contributed by atoms with E-state index in [0.717, 1.165) is 16.4 Å². The summed E-state index contributed by atoms with van der Waals surface area (Å²) in [5.41, 5.74) is 5.69. The number of benzene rings is 1. The van der Waals surface area contributed by atoms with Crippen LogP contribution < -0.4 is 5.73 Å². The van der Waals surface area contributed by atoms with Crippen LogP contribution in [0.3, 0.4) is 0 Å². The Bertz CT molecular complexity index is 536. The molecule has 0 aliphatic carbocycles. The normalized spacial score (nSPS) is 12.1. The Labute approximate surface area is 114 Å². The highest BCUT2D eigenvalue weighted by atomic mass is 79.9. The molecule has 0 bridgehead atoms. The average molecular weight is 341 g/mol. The number of anilines is 1. The van der Waals surface area contributed by atoms with Crippen molar-refractivity contribution in [2.75, 3.05) is 25.4 Å². The quantitative estimate of drug-likeness (QED) is 0.788. The number of rotatable bonds is 5. The number of hydrogen-bond donors (Lipinski definition) is 2. The third kappa shape index (κ3) is 3.00. The van der Waals surface area contributed by atoms with E-state index in [-0.39, 0.29) is 25.4 Å². The van der Waals surface area contributed by atoms with Crippen molar-refractivity contribution in [1.29, 1.82) is 0 Å². The smallest absolute Gasteiger partial charge is 0.246 e. The van der Waals surface area contributed by atoms with Gasteiger partial charge in [0.25, 0.3) is 0 Å². The molecule has 0 aliphatic rings. The van der Waals surface area contributed by atoms with Crippen LogP contribution in [-0.4, -0.2) is 37.5 Å². The predicted octanol–water partition coefficient (Wildman–Crippen LogP) is 1.17. The van der Waals surface area contributed by atoms with Crippen molar-refractivity contribution in [3.8, 4) is 0 Å². The SMILES string of the molecule is CCN(CCO)S(=O)(=O)c1cc(N)c(Br)cc1F. The maximum atomic E-state index is 13.7. The van der Waals surface area contributed by atoms with Crippen molar-refractivity contribution in [3.05, 3.63) is 22.4 Å². The van der Waals surface area contributed by atoms with Crippen molar-refractivity contribution < 1.29 is 17.9 Å². The first-order chi connectivity index (χ1) is 8.34. The first-order valence-electron chi connectivity index (χ1n) is 5.20. The average Bonchev–Trinajstić information content (AvgIpc) is 2.30. The fourth-order valence-corrected chi connectivity index (χ4v) is 3.28. The third-order valence-corrected chi connectivity index (χ3v) is 5.05. The van der Waals surface area contributed by atoms with Gasteiger partial charge in [0.1, 0.15) is 10.7 Å². The van der Waals surface area contributed by atoms with Crippen LogP contribution in [0.15, 0.2) is 21.5 Å². The number of halogens is 2. The molecule has 0 spiro atoms. The van der Waals surface area contributed by atoms with E-state index in [1.165, 1.54) is 0 Å². The molecule has 0 heterocycles. The van der Waals surface area contributed by atoms with Gasteiger partial charge in [0.2, 0.25) is 10.0 Å². The number of hydrogen-bond acceptors (Lipinski definition) is 4. The number of aliphatic hydroxyl groups excluding tert-OH is 1. The van der Waals surface area contributed by atoms with Gasteiger partial charge < -0.3 is 10.8 Å². The molecule has 5 nitrogen and oxygen atoms in total. The summed E-state index contributed by atoms with van der Waals surface area (Å²) in [5.74, 6) is -0.882. The Morgan fingerprint density at radius 3 is 2.61 bits per heavy atom. The molecular formula is C10H14BrFN2O3S. The van der Waals surface area contributed by atoms with E-state index >= 15 is 0 Å². The van der Waals surface area contributed by atoms with Crippen molar-refractivity contribution in [1.82, 2.24) is 4.31 Å². The molecule has 0 amide bonds. The lowest BCUT2D eigenvalue weighted by Gasteiger charge is -2.20. The van der Waals surface area contributed by atoms with Crippen LogP contribution in [0.5, 0.6) is 0 Å². The summed E-state index contributed by atoms with van der Waals surface area (Å²) in [5, 5.41) is 8.81. The van der Waals surface area contributed by atoms with Gasteiger partial charge in [0.15, 0.2) is 0 Å². The van der Waals surface area contributed by atoms with Gasteiger partial charge in [-0.1, -0.05) is 6.92 Å². The summed E-state index contributed by atoms with van der Waals surface area (Å²) in [6.45, 7) is 1.32. The highest BCUT2D eigenvalue weighted by Crippen LogP contribution is 2.27. The summed E-state index contributed by atoms with van der Waals surface area (Å²) in [4.78, 5) is -0.487. The molecule has 0 aliphatic heterocycles. The number of nitrogens with two attached hydrogens (primary N) is 1. The predicted molar refractivity (Wildman–Crippen MR) is 70.0 cm³/mol. The van der Waals surface area contributed by atoms with Crippen LogP contribution in [0, 0.1) is 5.82 Å². The maximum Gasteiger partial charge on any atom is 0.246 e. The molecule has 0 saturated carbocycles. The number of nitrogen functional groups attached to an aromatic ring is 1. The minimum absolute atomic E-state index is 0.0890. The molecule has 3 N–H and O–H groups in total. The standard InChI is InChI=1S/C10H14BrFN2O3S/c1-2-14(3-4-15)18(16,17)10-6-9(13)7(11)5-8(10)12/h5-6,15H,2-4,13H2,1H3. The van der Waals surface area contributed by atoms with E-state index in [2.05, 4.69) is 15.9 Å². The van der Waals surface area contributed by atoms with Crippen LogP contribution in [0.1, 0.15) is 6.92 Å². The molecule has 0 fully saturated rings. The lowest BCUT2D eigenvalue weighted by Crippen LogP contribution is -2.34. The van der Waals surface area contributed by atoms with Gasteiger partial charge in [-0.2, -0.15) is 4.31 Å². The zero-order valence-corrected chi connectivity index (χ0v) is 12.1. The molecule has 0 saturated heterocycles. The first-order valence-corrected chi connectivity index (χ1v) is 7.43. The van der Waals surface area contributed by atoms with Crippen LogP contribution >= 0.6 is 15.9 Å². The molecule has 1 rings (SSSR count). The van der Waals surface area contributed by atoms with Gasteiger partial charge in [-0.25, -0.2) is 12.8 Å². The van der Waals surface area contributed by atoms with Crippen LogP contribution in [-0.2, 0) is 10.0 Å². The summed E-state index contributed by atoms with van der Waals surface area (Å²) in [7, 11) is -3.99. The summed E-state index contributed by atoms with van der Waals surface area (Å²) < 4.78 is 39.3. The maximum absolute atomic E-state index is 13.7. The van der Waals surface area contributed by atoms with Crippen molar-refractivity contribution in [2.45, 2.75) is 11.8 Å². The highest BCUT2D eigenvalue weighted by molar-refractivity contribution is 9.10. The van der Waals surface area contributed by atoms with E-state index in [1.807, 2.05) is 0 Å². The van der Waals surface area contributed by atoms with Gasteiger partial charge in [-0.3, -0.25) is 0 Å². The molecule has 0 radical (unpaired) electrons. The molecule has 1 aromatic rings. The monoisotopic (exact) mass is 340 g/mol. The molecule has 0 unspecified atom stereocenters. The number of likely N-dealkylation sites (N-methyl/N-ethyl adjacent to an activating group) is 1. The minimum atomic E-state index is -3.99. The molecule has 18 heavy (non-hydrogen) atoms. The molecule has 0 atom stereocenters. The fourth-order valence-electron chi connectivity index (χ4n) is 1.44. The van der Waals surface area contributed by atoms with Crippen LogP contribution in [0.4, 0.5) is 10.1 Å². The van der Waals surface area contributed by atoms with E-state index < -0.39 is 20.7 Å². The van der Waals surface area contributed by atoms with E-state index in [4.69, 9.17) is 10.8 Å². The second kappa shape index (κ2) is 5.96. The topological polar surface area (TPSA) is 83.6 Å². The first kappa shape index (κ1) is 15.4. The Hall–Kier alpha value is -0.700. The number of sulfonamides is 1. The number of nitrogens with zero attached hydrogens (tertiary/aromatic N) is 1. The number of aliphatic hydroxyl groups is 1. The third-order valence-electron chi connectivity index (χ3n) is 2.37. The van der Waals surface area contributed by atoms with E-state index in [0.29, 0.717) is 4.47 Å². The minimum Gasteiger partial charge on any atom is -0.398 e. The molecule has 1 aromatic carbocycles. The van der Waals surface area contributed by atoms with Gasteiger partial charge in [0, 0.05) is 23.2 Å². The largest absolute Gasteiger partial charge is 0.398 e. The highest BCUT2D eigenvalue weighted by Gasteiger charge is 2.26. The Kier molecular flexibility index (Phi) is 5.09. The van der Waals surface area contributed by atoms with Gasteiger partial charge >= 0.3 is 0 Å². The van der Waals surface area contributed by atoms with Crippen molar-refractivity contribution >= 4 is 31.6 Å². The van der Waals surface area contributed by atoms with Crippen LogP contribution in [0.25, 0.3) is 0 Å². The van der Waals surface area contributed by atoms with Crippen LogP contribution in [0.2, 0.25) is 0 Å². The Morgan fingerprint density at radius 1 is 1.50 bits per heavy atom.